The molecule has 0 aromatic rings. The van der Waals surface area contributed by atoms with E-state index in [-0.39, 0.29) is 6.04 Å². The monoisotopic (exact) mass is 207 g/mol. The molecule has 0 saturated carbocycles. The fraction of sp³-hybridized carbons (Fsp3) is 0.917. The van der Waals surface area contributed by atoms with Crippen molar-refractivity contribution in [1.29, 1.82) is 5.26 Å². The molecule has 0 aliphatic carbocycles. The molecule has 2 aliphatic rings. The van der Waals surface area contributed by atoms with E-state index in [2.05, 4.69) is 22.8 Å². The van der Waals surface area contributed by atoms with Gasteiger partial charge in [0, 0.05) is 19.1 Å². The van der Waals surface area contributed by atoms with Crippen LogP contribution in [0, 0.1) is 11.3 Å². The second-order valence-corrected chi connectivity index (χ2v) is 4.87. The van der Waals surface area contributed by atoms with Gasteiger partial charge in [-0.1, -0.05) is 6.42 Å². The maximum absolute atomic E-state index is 8.66. The summed E-state index contributed by atoms with van der Waals surface area (Å²) in [5.74, 6) is 0. The summed E-state index contributed by atoms with van der Waals surface area (Å²) in [5, 5.41) is 8.66. The summed E-state index contributed by atoms with van der Waals surface area (Å²) in [6, 6.07) is 3.32. The summed E-state index contributed by atoms with van der Waals surface area (Å²) in [7, 11) is 0. The topological polar surface area (TPSA) is 30.0 Å². The van der Waals surface area contributed by atoms with Gasteiger partial charge < -0.3 is 4.90 Å². The number of hydrogen-bond acceptors (Lipinski definition) is 3. The van der Waals surface area contributed by atoms with Crippen molar-refractivity contribution in [3.63, 3.8) is 0 Å². The van der Waals surface area contributed by atoms with E-state index < -0.39 is 0 Å². The zero-order valence-corrected chi connectivity index (χ0v) is 9.65. The first-order valence-corrected chi connectivity index (χ1v) is 6.19. The second kappa shape index (κ2) is 4.96. The molecule has 2 heterocycles. The summed E-state index contributed by atoms with van der Waals surface area (Å²) in [6.07, 6.45) is 5.36. The molecule has 2 saturated heterocycles. The van der Waals surface area contributed by atoms with Crippen LogP contribution < -0.4 is 0 Å². The average molecular weight is 207 g/mol. The molecule has 3 unspecified atom stereocenters. The van der Waals surface area contributed by atoms with Crippen molar-refractivity contribution in [2.24, 2.45) is 0 Å². The minimum atomic E-state index is 0.240. The Morgan fingerprint density at radius 3 is 2.73 bits per heavy atom. The molecule has 2 aliphatic heterocycles. The van der Waals surface area contributed by atoms with Crippen LogP contribution in [0.15, 0.2) is 0 Å². The van der Waals surface area contributed by atoms with Crippen LogP contribution in [0.2, 0.25) is 0 Å². The van der Waals surface area contributed by atoms with Gasteiger partial charge in [0.05, 0.1) is 6.07 Å². The van der Waals surface area contributed by atoms with Crippen LogP contribution >= 0.6 is 0 Å². The van der Waals surface area contributed by atoms with Crippen LogP contribution in [0.3, 0.4) is 0 Å². The van der Waals surface area contributed by atoms with Crippen LogP contribution in [-0.2, 0) is 0 Å². The third kappa shape index (κ3) is 2.93. The molecule has 0 aromatic carbocycles. The third-order valence-corrected chi connectivity index (χ3v) is 3.69. The van der Waals surface area contributed by atoms with Crippen LogP contribution in [0.5, 0.6) is 0 Å². The van der Waals surface area contributed by atoms with E-state index in [1.807, 2.05) is 0 Å². The van der Waals surface area contributed by atoms with Gasteiger partial charge in [-0.05, 0) is 39.3 Å². The Hall–Kier alpha value is -0.590. The molecular formula is C12H21N3. The predicted octanol–water partition coefficient (Wildman–Crippen LogP) is 1.46. The highest BCUT2D eigenvalue weighted by Gasteiger charge is 2.33. The van der Waals surface area contributed by atoms with Crippen molar-refractivity contribution in [1.82, 2.24) is 9.80 Å². The lowest BCUT2D eigenvalue weighted by molar-refractivity contribution is 0.156. The van der Waals surface area contributed by atoms with E-state index in [0.29, 0.717) is 0 Å². The second-order valence-electron chi connectivity index (χ2n) is 4.87. The molecule has 2 rings (SSSR count). The minimum Gasteiger partial charge on any atom is -0.301 e. The van der Waals surface area contributed by atoms with Crippen molar-refractivity contribution in [2.75, 3.05) is 26.2 Å². The number of hydrogen-bond donors (Lipinski definition) is 0. The van der Waals surface area contributed by atoms with E-state index in [1.165, 1.54) is 38.8 Å². The van der Waals surface area contributed by atoms with E-state index in [9.17, 15) is 0 Å². The highest BCUT2D eigenvalue weighted by Crippen LogP contribution is 2.19. The van der Waals surface area contributed by atoms with Gasteiger partial charge in [-0.25, -0.2) is 0 Å². The Labute approximate surface area is 92.7 Å². The lowest BCUT2D eigenvalue weighted by Crippen LogP contribution is -2.38. The normalized spacial score (nSPS) is 36.1. The minimum absolute atomic E-state index is 0.240. The fourth-order valence-electron chi connectivity index (χ4n) is 2.51. The summed E-state index contributed by atoms with van der Waals surface area (Å²) in [4.78, 5) is 4.86. The number of rotatable bonds is 4. The molecule has 84 valence electrons. The van der Waals surface area contributed by atoms with Crippen molar-refractivity contribution in [3.05, 3.63) is 0 Å². The van der Waals surface area contributed by atoms with Crippen molar-refractivity contribution < 1.29 is 0 Å². The molecule has 2 fully saturated rings. The number of nitrogens with zero attached hydrogens (tertiary/aromatic N) is 3. The first-order chi connectivity index (χ1) is 7.31. The number of likely N-dealkylation sites (tertiary alicyclic amines) is 1. The van der Waals surface area contributed by atoms with Crippen LogP contribution in [0.4, 0.5) is 0 Å². The predicted molar refractivity (Wildman–Crippen MR) is 60.5 cm³/mol. The van der Waals surface area contributed by atoms with Gasteiger partial charge in [-0.3, -0.25) is 4.90 Å². The quantitative estimate of drug-likeness (QED) is 0.654. The van der Waals surface area contributed by atoms with Crippen LogP contribution in [0.25, 0.3) is 0 Å². The van der Waals surface area contributed by atoms with E-state index >= 15 is 0 Å². The zero-order chi connectivity index (χ0) is 10.7. The third-order valence-electron chi connectivity index (χ3n) is 3.69. The largest absolute Gasteiger partial charge is 0.301 e. The summed E-state index contributed by atoms with van der Waals surface area (Å²) in [5.41, 5.74) is 0. The van der Waals surface area contributed by atoms with Gasteiger partial charge >= 0.3 is 0 Å². The Kier molecular flexibility index (Phi) is 3.61. The molecule has 0 amide bonds. The Morgan fingerprint density at radius 2 is 2.07 bits per heavy atom. The van der Waals surface area contributed by atoms with Crippen molar-refractivity contribution in [3.8, 4) is 6.07 Å². The van der Waals surface area contributed by atoms with Crippen molar-refractivity contribution in [2.45, 2.75) is 44.7 Å². The lowest BCUT2D eigenvalue weighted by Gasteiger charge is -2.33. The molecule has 0 spiro atoms. The first kappa shape index (κ1) is 10.9. The maximum Gasteiger partial charge on any atom is 0.111 e. The van der Waals surface area contributed by atoms with Crippen LogP contribution in [0.1, 0.15) is 32.6 Å². The molecule has 0 radical (unpaired) electrons. The van der Waals surface area contributed by atoms with E-state index in [4.69, 9.17) is 5.26 Å². The molecule has 0 N–H and O–H groups in total. The van der Waals surface area contributed by atoms with Gasteiger partial charge in [0.25, 0.3) is 0 Å². The zero-order valence-electron chi connectivity index (χ0n) is 9.65. The van der Waals surface area contributed by atoms with Gasteiger partial charge in [0.2, 0.25) is 0 Å². The highest BCUT2D eigenvalue weighted by atomic mass is 15.3. The molecule has 0 aromatic heterocycles. The Balaban J connectivity index is 1.59. The fourth-order valence-corrected chi connectivity index (χ4v) is 2.51. The molecule has 15 heavy (non-hydrogen) atoms. The molecule has 0 bridgehead atoms. The van der Waals surface area contributed by atoms with Crippen molar-refractivity contribution >= 4 is 0 Å². The van der Waals surface area contributed by atoms with E-state index in [1.54, 1.807) is 0 Å². The Bertz CT molecular complexity index is 246. The van der Waals surface area contributed by atoms with Gasteiger partial charge in [0.15, 0.2) is 0 Å². The maximum atomic E-state index is 8.66. The smallest absolute Gasteiger partial charge is 0.111 e. The van der Waals surface area contributed by atoms with Gasteiger partial charge in [0.1, 0.15) is 6.04 Å². The molecule has 3 heteroatoms. The SMILES string of the molecule is CC1CCCCN1CCCN1CC1C#N. The number of piperidine rings is 1. The summed E-state index contributed by atoms with van der Waals surface area (Å²) in [6.45, 7) is 6.96. The first-order valence-electron chi connectivity index (χ1n) is 6.19. The lowest BCUT2D eigenvalue weighted by atomic mass is 10.0. The van der Waals surface area contributed by atoms with Gasteiger partial charge in [-0.2, -0.15) is 5.26 Å². The number of nitriles is 1. The Morgan fingerprint density at radius 1 is 1.27 bits per heavy atom. The average Bonchev–Trinajstić information content (AvgIpc) is 3.00. The van der Waals surface area contributed by atoms with E-state index in [0.717, 1.165) is 19.1 Å². The van der Waals surface area contributed by atoms with Crippen LogP contribution in [-0.4, -0.2) is 48.1 Å². The van der Waals surface area contributed by atoms with Gasteiger partial charge in [-0.15, -0.1) is 0 Å². The molecule has 3 atom stereocenters. The molecule has 3 nitrogen and oxygen atoms in total. The highest BCUT2D eigenvalue weighted by molar-refractivity contribution is 5.05. The molecular weight excluding hydrogens is 186 g/mol. The summed E-state index contributed by atoms with van der Waals surface area (Å²) < 4.78 is 0. The summed E-state index contributed by atoms with van der Waals surface area (Å²) >= 11 is 0. The standard InChI is InChI=1S/C12H21N3/c1-11-5-2-3-6-14(11)7-4-8-15-10-12(15)9-13/h11-12H,2-8,10H2,1H3.